The monoisotopic (exact) mass is 562 g/mol. The molecule has 6 nitrogen and oxygen atoms in total. The minimum absolute atomic E-state index is 0.222. The molecule has 3 aromatic rings. The molecule has 0 bridgehead atoms. The smallest absolute Gasteiger partial charge is 0.310 e. The maximum atomic E-state index is 11.6. The summed E-state index contributed by atoms with van der Waals surface area (Å²) in [5.41, 5.74) is 3.46. The van der Waals surface area contributed by atoms with Gasteiger partial charge >= 0.3 is 11.9 Å². The number of carbonyl (C=O) groups excluding carboxylic acids is 2. The van der Waals surface area contributed by atoms with Crippen LogP contribution in [-0.2, 0) is 31.9 Å². The van der Waals surface area contributed by atoms with E-state index in [1.807, 2.05) is 84.9 Å². The molecular weight excluding hydrogens is 528 g/mol. The molecule has 0 unspecified atom stereocenters. The molecule has 214 valence electrons. The summed E-state index contributed by atoms with van der Waals surface area (Å²) in [6, 6.07) is 22.5. The van der Waals surface area contributed by atoms with Crippen LogP contribution in [0, 0.1) is 23.7 Å². The Kier molecular flexibility index (Phi) is 13.6. The molecule has 0 radical (unpaired) electrons. The summed E-state index contributed by atoms with van der Waals surface area (Å²) in [6.45, 7) is 5.05. The Labute approximate surface area is 248 Å². The van der Waals surface area contributed by atoms with E-state index in [9.17, 15) is 9.59 Å². The van der Waals surface area contributed by atoms with Gasteiger partial charge in [-0.3, -0.25) is 9.59 Å². The van der Waals surface area contributed by atoms with Crippen LogP contribution in [0.3, 0.4) is 0 Å². The van der Waals surface area contributed by atoms with E-state index in [4.69, 9.17) is 18.9 Å². The number of benzene rings is 3. The van der Waals surface area contributed by atoms with Crippen molar-refractivity contribution < 1.29 is 28.5 Å². The van der Waals surface area contributed by atoms with Crippen molar-refractivity contribution in [1.82, 2.24) is 0 Å². The summed E-state index contributed by atoms with van der Waals surface area (Å²) in [5.74, 6) is 13.0. The van der Waals surface area contributed by atoms with Crippen LogP contribution in [0.2, 0.25) is 0 Å². The van der Waals surface area contributed by atoms with E-state index >= 15 is 0 Å². The van der Waals surface area contributed by atoms with Crippen molar-refractivity contribution in [2.24, 2.45) is 0 Å². The number of allylic oxidation sites excluding steroid dienone is 2. The molecule has 0 heterocycles. The summed E-state index contributed by atoms with van der Waals surface area (Å²) in [4.78, 5) is 23.3. The summed E-state index contributed by atoms with van der Waals surface area (Å²) in [7, 11) is 0. The zero-order chi connectivity index (χ0) is 29.8. The Hall–Kier alpha value is -5.20. The molecule has 0 amide bonds. The fraction of sp³-hybridized carbons (Fsp3) is 0.222. The lowest BCUT2D eigenvalue weighted by atomic mass is 10.1. The number of ether oxygens (including phenoxy) is 4. The zero-order valence-corrected chi connectivity index (χ0v) is 23.9. The first-order chi connectivity index (χ1) is 20.6. The van der Waals surface area contributed by atoms with Crippen LogP contribution >= 0.6 is 0 Å². The normalized spacial score (nSPS) is 10.3. The topological polar surface area (TPSA) is 71.1 Å². The van der Waals surface area contributed by atoms with Gasteiger partial charge in [-0.05, 0) is 97.8 Å². The van der Waals surface area contributed by atoms with Crippen molar-refractivity contribution >= 4 is 11.9 Å². The molecule has 0 atom stereocenters. The zero-order valence-electron chi connectivity index (χ0n) is 23.9. The summed E-state index contributed by atoms with van der Waals surface area (Å²) < 4.78 is 21.4. The molecule has 0 saturated carbocycles. The van der Waals surface area contributed by atoms with Crippen LogP contribution in [0.1, 0.15) is 36.1 Å². The lowest BCUT2D eigenvalue weighted by Crippen LogP contribution is -2.07. The molecule has 0 N–H and O–H groups in total. The van der Waals surface area contributed by atoms with Crippen molar-refractivity contribution in [2.75, 3.05) is 26.4 Å². The average molecular weight is 563 g/mol. The Morgan fingerprint density at radius 2 is 1.07 bits per heavy atom. The molecule has 0 aromatic heterocycles. The van der Waals surface area contributed by atoms with Gasteiger partial charge in [-0.15, -0.1) is 0 Å². The van der Waals surface area contributed by atoms with Crippen molar-refractivity contribution in [3.8, 4) is 35.2 Å². The van der Waals surface area contributed by atoms with Crippen molar-refractivity contribution in [3.05, 3.63) is 119 Å². The van der Waals surface area contributed by atoms with E-state index in [-0.39, 0.29) is 24.8 Å². The minimum Gasteiger partial charge on any atom is -0.490 e. The van der Waals surface area contributed by atoms with Gasteiger partial charge in [0.25, 0.3) is 0 Å². The number of hydrogen-bond donors (Lipinski definition) is 0. The van der Waals surface area contributed by atoms with Gasteiger partial charge in [-0.25, -0.2) is 0 Å². The van der Waals surface area contributed by atoms with E-state index in [2.05, 4.69) is 23.7 Å². The first-order valence-corrected chi connectivity index (χ1v) is 13.7. The van der Waals surface area contributed by atoms with Crippen molar-refractivity contribution in [1.29, 1.82) is 0 Å². The van der Waals surface area contributed by atoms with Crippen LogP contribution < -0.4 is 9.47 Å². The average Bonchev–Trinajstić information content (AvgIpc) is 2.98. The van der Waals surface area contributed by atoms with Gasteiger partial charge in [0.05, 0.1) is 26.1 Å². The summed E-state index contributed by atoms with van der Waals surface area (Å²) in [5, 5.41) is 0. The van der Waals surface area contributed by atoms with Crippen LogP contribution in [0.25, 0.3) is 0 Å². The largest absolute Gasteiger partial charge is 0.490 e. The molecule has 0 saturated heterocycles. The van der Waals surface area contributed by atoms with Crippen molar-refractivity contribution in [2.45, 2.75) is 26.7 Å². The second kappa shape index (κ2) is 18.2. The van der Waals surface area contributed by atoms with E-state index < -0.39 is 0 Å². The van der Waals surface area contributed by atoms with E-state index in [1.165, 1.54) is 0 Å². The molecule has 0 fully saturated rings. The molecule has 3 aromatic carbocycles. The summed E-state index contributed by atoms with van der Waals surface area (Å²) in [6.07, 6.45) is 7.61. The quantitative estimate of drug-likeness (QED) is 0.203. The molecule has 0 aliphatic heterocycles. The van der Waals surface area contributed by atoms with E-state index in [0.717, 1.165) is 22.3 Å². The third kappa shape index (κ3) is 12.3. The molecule has 42 heavy (non-hydrogen) atoms. The standard InChI is InChI=1S/C36H34O6/c1-3-39-35(37)27-31-15-11-17-33(25-31)41-23-9-5-7-13-29-19-21-30(22-20-29)14-8-6-10-24-42-34-18-12-16-32(26-34)28-36(38)40-4-2/h5-6,9-12,15-22,25-26H,3-4,23-24,27-28H2,1-2H3. The van der Waals surface area contributed by atoms with Gasteiger partial charge in [-0.2, -0.15) is 0 Å². The van der Waals surface area contributed by atoms with E-state index in [1.54, 1.807) is 26.0 Å². The highest BCUT2D eigenvalue weighted by molar-refractivity contribution is 5.73. The molecule has 0 aliphatic carbocycles. The predicted molar refractivity (Wildman–Crippen MR) is 163 cm³/mol. The second-order valence-corrected chi connectivity index (χ2v) is 8.80. The number of carbonyl (C=O) groups is 2. The van der Waals surface area contributed by atoms with Gasteiger partial charge in [0.1, 0.15) is 24.7 Å². The third-order valence-corrected chi connectivity index (χ3v) is 5.52. The Morgan fingerprint density at radius 3 is 1.48 bits per heavy atom. The van der Waals surface area contributed by atoms with Gasteiger partial charge in [0, 0.05) is 11.1 Å². The Morgan fingerprint density at radius 1 is 0.643 bits per heavy atom. The maximum Gasteiger partial charge on any atom is 0.310 e. The van der Waals surface area contributed by atoms with Gasteiger partial charge in [-0.1, -0.05) is 47.9 Å². The number of esters is 2. The van der Waals surface area contributed by atoms with Crippen LogP contribution in [0.4, 0.5) is 0 Å². The van der Waals surface area contributed by atoms with Gasteiger partial charge < -0.3 is 18.9 Å². The second-order valence-electron chi connectivity index (χ2n) is 8.80. The lowest BCUT2D eigenvalue weighted by molar-refractivity contribution is -0.143. The SMILES string of the molecule is CCOC(=O)Cc1cccc(OCC=CC#Cc2ccc(C#CC=CCOc3cccc(CC(=O)OCC)c3)cc2)c1. The molecular formula is C36H34O6. The third-order valence-electron chi connectivity index (χ3n) is 5.52. The molecule has 0 spiro atoms. The molecule has 6 heteroatoms. The Bertz CT molecular complexity index is 1380. The summed E-state index contributed by atoms with van der Waals surface area (Å²) >= 11 is 0. The molecule has 3 rings (SSSR count). The van der Waals surface area contributed by atoms with Gasteiger partial charge in [0.15, 0.2) is 0 Å². The highest BCUT2D eigenvalue weighted by atomic mass is 16.5. The van der Waals surface area contributed by atoms with Crippen LogP contribution in [0.15, 0.2) is 97.1 Å². The first-order valence-electron chi connectivity index (χ1n) is 13.7. The highest BCUT2D eigenvalue weighted by Crippen LogP contribution is 2.15. The first kappa shape index (κ1) is 31.3. The van der Waals surface area contributed by atoms with Gasteiger partial charge in [0.2, 0.25) is 0 Å². The minimum atomic E-state index is -0.253. The Balaban J connectivity index is 1.38. The number of hydrogen-bond acceptors (Lipinski definition) is 6. The number of rotatable bonds is 12. The fourth-order valence-corrected chi connectivity index (χ4v) is 3.64. The van der Waals surface area contributed by atoms with Crippen molar-refractivity contribution in [3.63, 3.8) is 0 Å². The van der Waals surface area contributed by atoms with E-state index in [0.29, 0.717) is 37.9 Å². The predicted octanol–water partition coefficient (Wildman–Crippen LogP) is 5.87. The lowest BCUT2D eigenvalue weighted by Gasteiger charge is -2.06. The van der Waals surface area contributed by atoms with Crippen LogP contribution in [0.5, 0.6) is 11.5 Å². The maximum absolute atomic E-state index is 11.6. The van der Waals surface area contributed by atoms with Crippen LogP contribution in [-0.4, -0.2) is 38.4 Å². The highest BCUT2D eigenvalue weighted by Gasteiger charge is 2.05. The fourth-order valence-electron chi connectivity index (χ4n) is 3.64. The molecule has 0 aliphatic rings.